The van der Waals surface area contributed by atoms with E-state index in [-0.39, 0.29) is 17.7 Å². The van der Waals surface area contributed by atoms with Gasteiger partial charge in [0, 0.05) is 44.5 Å². The fraction of sp³-hybridized carbons (Fsp3) is 0.579. The molecule has 9 heteroatoms. The molecule has 28 heavy (non-hydrogen) atoms. The number of hydrogen-bond donors (Lipinski definition) is 3. The lowest BCUT2D eigenvalue weighted by Crippen LogP contribution is -2.42. The average molecular weight is 412 g/mol. The molecule has 8 nitrogen and oxygen atoms in total. The Morgan fingerprint density at radius 2 is 1.96 bits per heavy atom. The van der Waals surface area contributed by atoms with Crippen LogP contribution in [0, 0.1) is 0 Å². The van der Waals surface area contributed by atoms with Crippen LogP contribution in [0.25, 0.3) is 0 Å². The molecule has 0 spiro atoms. The average Bonchev–Trinajstić information content (AvgIpc) is 2.62. The number of rotatable bonds is 10. The summed E-state index contributed by atoms with van der Waals surface area (Å²) in [4.78, 5) is 18.4. The first-order valence-electron chi connectivity index (χ1n) is 9.27. The van der Waals surface area contributed by atoms with Crippen LogP contribution in [0.1, 0.15) is 29.3 Å². The molecule has 1 aromatic rings. The lowest BCUT2D eigenvalue weighted by molar-refractivity contribution is 0.0951. The smallest absolute Gasteiger partial charge is 0.251 e. The van der Waals surface area contributed by atoms with Crippen molar-refractivity contribution in [1.29, 1.82) is 0 Å². The van der Waals surface area contributed by atoms with Crippen molar-refractivity contribution < 1.29 is 13.2 Å². The lowest BCUT2D eigenvalue weighted by atomic mass is 10.1. The predicted octanol–water partition coefficient (Wildman–Crippen LogP) is 0.466. The summed E-state index contributed by atoms with van der Waals surface area (Å²) in [6, 6.07) is 7.38. The number of aliphatic imine (C=N–C) groups is 1. The second kappa shape index (κ2) is 11.7. The summed E-state index contributed by atoms with van der Waals surface area (Å²) in [5.74, 6) is 0.616. The van der Waals surface area contributed by atoms with Crippen LogP contribution in [0.3, 0.4) is 0 Å². The van der Waals surface area contributed by atoms with Gasteiger partial charge in [0.1, 0.15) is 9.84 Å². The van der Waals surface area contributed by atoms with Gasteiger partial charge in [0.2, 0.25) is 0 Å². The van der Waals surface area contributed by atoms with E-state index in [4.69, 9.17) is 0 Å². The van der Waals surface area contributed by atoms with Crippen molar-refractivity contribution in [2.24, 2.45) is 4.99 Å². The molecule has 1 unspecified atom stereocenters. The number of carbonyl (C=O) groups excluding carboxylic acids is 1. The van der Waals surface area contributed by atoms with Crippen molar-refractivity contribution in [3.63, 3.8) is 0 Å². The minimum atomic E-state index is -2.98. The number of nitrogens with one attached hydrogen (secondary N) is 3. The Hall–Kier alpha value is -2.13. The van der Waals surface area contributed by atoms with Gasteiger partial charge < -0.3 is 20.9 Å². The topological polar surface area (TPSA) is 103 Å². The van der Waals surface area contributed by atoms with Gasteiger partial charge in [0.25, 0.3) is 5.91 Å². The maximum atomic E-state index is 12.2. The Kier molecular flexibility index (Phi) is 9.95. The first-order valence-corrected chi connectivity index (χ1v) is 11.3. The van der Waals surface area contributed by atoms with Crippen molar-refractivity contribution in [3.05, 3.63) is 35.4 Å². The molecule has 0 saturated heterocycles. The number of carbonyl (C=O) groups is 1. The molecule has 0 fully saturated rings. The molecule has 1 amide bonds. The second-order valence-electron chi connectivity index (χ2n) is 7.15. The lowest BCUT2D eigenvalue weighted by Gasteiger charge is -2.18. The van der Waals surface area contributed by atoms with Crippen molar-refractivity contribution in [2.75, 3.05) is 46.2 Å². The van der Waals surface area contributed by atoms with Crippen LogP contribution in [0.4, 0.5) is 0 Å². The van der Waals surface area contributed by atoms with Crippen LogP contribution in [0.2, 0.25) is 0 Å². The molecular weight excluding hydrogens is 378 g/mol. The van der Waals surface area contributed by atoms with Crippen molar-refractivity contribution in [1.82, 2.24) is 20.9 Å². The summed E-state index contributed by atoms with van der Waals surface area (Å²) in [5.41, 5.74) is 1.56. The summed E-state index contributed by atoms with van der Waals surface area (Å²) < 4.78 is 22.6. The first-order chi connectivity index (χ1) is 13.1. The highest BCUT2D eigenvalue weighted by Crippen LogP contribution is 2.05. The molecule has 0 aliphatic carbocycles. The predicted molar refractivity (Wildman–Crippen MR) is 114 cm³/mol. The third-order valence-corrected chi connectivity index (χ3v) is 5.00. The molecule has 0 heterocycles. The van der Waals surface area contributed by atoms with Crippen molar-refractivity contribution in [3.8, 4) is 0 Å². The fourth-order valence-electron chi connectivity index (χ4n) is 2.39. The van der Waals surface area contributed by atoms with E-state index in [1.54, 1.807) is 13.1 Å². The number of hydrogen-bond acceptors (Lipinski definition) is 5. The van der Waals surface area contributed by atoms with Crippen LogP contribution in [0.15, 0.2) is 29.3 Å². The summed E-state index contributed by atoms with van der Waals surface area (Å²) in [5, 5.41) is 9.26. The number of guanidine groups is 1. The van der Waals surface area contributed by atoms with E-state index in [1.807, 2.05) is 44.1 Å². The zero-order chi connectivity index (χ0) is 21.2. The SMILES string of the molecule is CN=C(NCc1cccc(C(=O)NCCN(C)C)c1)NC(C)CCS(C)(=O)=O. The third-order valence-electron chi connectivity index (χ3n) is 4.02. The number of benzene rings is 1. The monoisotopic (exact) mass is 411 g/mol. The largest absolute Gasteiger partial charge is 0.354 e. The summed E-state index contributed by atoms with van der Waals surface area (Å²) in [6.45, 7) is 3.79. The minimum absolute atomic E-state index is 0.0327. The van der Waals surface area contributed by atoms with Crippen LogP contribution in [0.5, 0.6) is 0 Å². The van der Waals surface area contributed by atoms with Gasteiger partial charge in [-0.2, -0.15) is 0 Å². The highest BCUT2D eigenvalue weighted by Gasteiger charge is 2.10. The molecule has 158 valence electrons. The molecule has 0 bridgehead atoms. The van der Waals surface area contributed by atoms with Gasteiger partial charge in [0.05, 0.1) is 5.75 Å². The molecule has 0 saturated carbocycles. The Bertz CT molecular complexity index is 763. The Morgan fingerprint density at radius 3 is 2.57 bits per heavy atom. The quantitative estimate of drug-likeness (QED) is 0.382. The fourth-order valence-corrected chi connectivity index (χ4v) is 3.18. The zero-order valence-corrected chi connectivity index (χ0v) is 18.3. The molecule has 1 atom stereocenters. The Labute approximate surface area is 168 Å². The Morgan fingerprint density at radius 1 is 1.25 bits per heavy atom. The number of amides is 1. The van der Waals surface area contributed by atoms with E-state index in [0.29, 0.717) is 31.0 Å². The van der Waals surface area contributed by atoms with Crippen molar-refractivity contribution >= 4 is 21.7 Å². The zero-order valence-electron chi connectivity index (χ0n) is 17.4. The van der Waals surface area contributed by atoms with E-state index < -0.39 is 9.84 Å². The molecule has 3 N–H and O–H groups in total. The summed E-state index contributed by atoms with van der Waals surface area (Å²) in [6.07, 6.45) is 1.73. The molecule has 1 rings (SSSR count). The molecule has 0 radical (unpaired) electrons. The molecule has 1 aromatic carbocycles. The molecular formula is C19H33N5O3S. The molecule has 0 aliphatic heterocycles. The van der Waals surface area contributed by atoms with Gasteiger partial charge in [-0.1, -0.05) is 12.1 Å². The van der Waals surface area contributed by atoms with Gasteiger partial charge in [-0.3, -0.25) is 9.79 Å². The molecule has 0 aromatic heterocycles. The first kappa shape index (κ1) is 23.9. The maximum Gasteiger partial charge on any atom is 0.251 e. The van der Waals surface area contributed by atoms with Gasteiger partial charge >= 0.3 is 0 Å². The van der Waals surface area contributed by atoms with Gasteiger partial charge in [-0.15, -0.1) is 0 Å². The van der Waals surface area contributed by atoms with Gasteiger partial charge in [-0.25, -0.2) is 8.42 Å². The second-order valence-corrected chi connectivity index (χ2v) is 9.41. The molecule has 0 aliphatic rings. The van der Waals surface area contributed by atoms with Crippen LogP contribution >= 0.6 is 0 Å². The highest BCUT2D eigenvalue weighted by atomic mass is 32.2. The summed E-state index contributed by atoms with van der Waals surface area (Å²) in [7, 11) is 2.60. The van der Waals surface area contributed by atoms with E-state index in [1.165, 1.54) is 6.26 Å². The number of likely N-dealkylation sites (N-methyl/N-ethyl adjacent to an activating group) is 1. The van der Waals surface area contributed by atoms with E-state index in [9.17, 15) is 13.2 Å². The normalized spacial score (nSPS) is 13.3. The minimum Gasteiger partial charge on any atom is -0.354 e. The number of sulfone groups is 1. The summed E-state index contributed by atoms with van der Waals surface area (Å²) >= 11 is 0. The Balaban J connectivity index is 2.55. The van der Waals surface area contributed by atoms with Crippen LogP contribution in [-0.2, 0) is 16.4 Å². The van der Waals surface area contributed by atoms with Gasteiger partial charge in [0.15, 0.2) is 5.96 Å². The van der Waals surface area contributed by atoms with Gasteiger partial charge in [-0.05, 0) is 45.1 Å². The number of nitrogens with zero attached hydrogens (tertiary/aromatic N) is 2. The van der Waals surface area contributed by atoms with Crippen LogP contribution < -0.4 is 16.0 Å². The van der Waals surface area contributed by atoms with E-state index in [0.717, 1.165) is 12.1 Å². The van der Waals surface area contributed by atoms with E-state index >= 15 is 0 Å². The van der Waals surface area contributed by atoms with Crippen LogP contribution in [-0.4, -0.2) is 77.5 Å². The standard InChI is InChI=1S/C19H33N5O3S/c1-15(9-12-28(5,26)27)23-19(20-2)22-14-16-7-6-8-17(13-16)18(25)21-10-11-24(3)4/h6-8,13,15H,9-12,14H2,1-5H3,(H,21,25)(H2,20,22,23). The maximum absolute atomic E-state index is 12.2. The third kappa shape index (κ3) is 10.3. The van der Waals surface area contributed by atoms with Crippen molar-refractivity contribution in [2.45, 2.75) is 25.9 Å². The highest BCUT2D eigenvalue weighted by molar-refractivity contribution is 7.90. The van der Waals surface area contributed by atoms with E-state index in [2.05, 4.69) is 20.9 Å².